The van der Waals surface area contributed by atoms with Crippen LogP contribution in [0.1, 0.15) is 38.2 Å². The van der Waals surface area contributed by atoms with Crippen molar-refractivity contribution in [3.63, 3.8) is 0 Å². The molecule has 92 valence electrons. The highest BCUT2D eigenvalue weighted by Gasteiger charge is 2.33. The third-order valence-corrected chi connectivity index (χ3v) is 3.37. The fourth-order valence-corrected chi connectivity index (χ4v) is 2.29. The summed E-state index contributed by atoms with van der Waals surface area (Å²) >= 11 is 0. The molecule has 0 bridgehead atoms. The van der Waals surface area contributed by atoms with E-state index in [1.54, 1.807) is 0 Å². The molecule has 1 aromatic carbocycles. The molecule has 0 saturated heterocycles. The van der Waals surface area contributed by atoms with Crippen molar-refractivity contribution in [1.82, 2.24) is 5.32 Å². The summed E-state index contributed by atoms with van der Waals surface area (Å²) in [5.74, 6) is 0.356. The summed E-state index contributed by atoms with van der Waals surface area (Å²) < 4.78 is 0. The van der Waals surface area contributed by atoms with E-state index in [1.165, 1.54) is 5.56 Å². The summed E-state index contributed by atoms with van der Waals surface area (Å²) in [4.78, 5) is 12.0. The minimum absolute atomic E-state index is 0.113. The highest BCUT2D eigenvalue weighted by Crippen LogP contribution is 2.35. The zero-order valence-electron chi connectivity index (χ0n) is 10.5. The fraction of sp³-hybridized carbons (Fsp3) is 0.500. The van der Waals surface area contributed by atoms with Gasteiger partial charge in [-0.05, 0) is 18.1 Å². The molecule has 1 aromatic rings. The van der Waals surface area contributed by atoms with Crippen LogP contribution in [0.25, 0.3) is 0 Å². The molecule has 0 fully saturated rings. The molecule has 1 amide bonds. The van der Waals surface area contributed by atoms with Crippen LogP contribution in [0.3, 0.4) is 0 Å². The van der Waals surface area contributed by atoms with Crippen LogP contribution in [-0.4, -0.2) is 18.5 Å². The van der Waals surface area contributed by atoms with Crippen molar-refractivity contribution < 1.29 is 4.79 Å². The van der Waals surface area contributed by atoms with Gasteiger partial charge in [0.1, 0.15) is 6.04 Å². The summed E-state index contributed by atoms with van der Waals surface area (Å²) in [5.41, 5.74) is 2.33. The van der Waals surface area contributed by atoms with Gasteiger partial charge in [-0.3, -0.25) is 4.79 Å². The molecule has 3 heteroatoms. The number of fused-ring (bicyclic) bond motifs is 1. The van der Waals surface area contributed by atoms with Crippen molar-refractivity contribution in [3.05, 3.63) is 29.8 Å². The van der Waals surface area contributed by atoms with E-state index in [0.717, 1.165) is 25.1 Å². The lowest BCUT2D eigenvalue weighted by Crippen LogP contribution is -2.40. The van der Waals surface area contributed by atoms with Crippen LogP contribution in [-0.2, 0) is 4.79 Å². The Morgan fingerprint density at radius 2 is 2.18 bits per heavy atom. The van der Waals surface area contributed by atoms with E-state index in [9.17, 15) is 4.79 Å². The summed E-state index contributed by atoms with van der Waals surface area (Å²) in [5, 5.41) is 6.29. The van der Waals surface area contributed by atoms with Crippen LogP contribution in [0.4, 0.5) is 5.69 Å². The van der Waals surface area contributed by atoms with Gasteiger partial charge in [0.25, 0.3) is 0 Å². The molecule has 1 heterocycles. The quantitative estimate of drug-likeness (QED) is 0.783. The molecule has 0 aromatic heterocycles. The number of anilines is 1. The molecule has 2 atom stereocenters. The van der Waals surface area contributed by atoms with Crippen molar-refractivity contribution in [2.75, 3.05) is 11.9 Å². The van der Waals surface area contributed by atoms with Gasteiger partial charge in [-0.15, -0.1) is 0 Å². The Kier molecular flexibility index (Phi) is 3.67. The van der Waals surface area contributed by atoms with Gasteiger partial charge in [0, 0.05) is 18.2 Å². The van der Waals surface area contributed by atoms with Crippen molar-refractivity contribution in [2.45, 2.75) is 38.6 Å². The van der Waals surface area contributed by atoms with Crippen LogP contribution in [0.5, 0.6) is 0 Å². The first-order valence-corrected chi connectivity index (χ1v) is 6.37. The minimum Gasteiger partial charge on any atom is -0.373 e. The third kappa shape index (κ3) is 2.43. The second-order valence-electron chi connectivity index (χ2n) is 4.64. The predicted molar refractivity (Wildman–Crippen MR) is 70.2 cm³/mol. The Labute approximate surface area is 103 Å². The fourth-order valence-electron chi connectivity index (χ4n) is 2.29. The third-order valence-electron chi connectivity index (χ3n) is 3.37. The maximum Gasteiger partial charge on any atom is 0.243 e. The first-order valence-electron chi connectivity index (χ1n) is 6.37. The Hall–Kier alpha value is -1.51. The average Bonchev–Trinajstić information content (AvgIpc) is 2.68. The Bertz CT molecular complexity index is 403. The monoisotopic (exact) mass is 232 g/mol. The number of carbonyl (C=O) groups excluding carboxylic acids is 1. The molecule has 2 N–H and O–H groups in total. The highest BCUT2D eigenvalue weighted by molar-refractivity contribution is 5.88. The molecule has 1 aliphatic heterocycles. The Morgan fingerprint density at radius 1 is 1.41 bits per heavy atom. The number of benzene rings is 1. The Morgan fingerprint density at radius 3 is 2.88 bits per heavy atom. The van der Waals surface area contributed by atoms with E-state index in [-0.39, 0.29) is 17.9 Å². The molecule has 0 spiro atoms. The standard InChI is InChI=1S/C14H20N2O/c1-3-4-9-15-14(17)13-10(2)11-7-5-6-8-12(11)16-13/h5-8,10,13,16H,3-4,9H2,1-2H3,(H,15,17). The van der Waals surface area contributed by atoms with Crippen molar-refractivity contribution in [3.8, 4) is 0 Å². The normalized spacial score (nSPS) is 21.8. The lowest BCUT2D eigenvalue weighted by Gasteiger charge is -2.16. The van der Waals surface area contributed by atoms with Gasteiger partial charge in [0.15, 0.2) is 0 Å². The summed E-state index contributed by atoms with van der Waals surface area (Å²) in [6.07, 6.45) is 2.15. The van der Waals surface area contributed by atoms with Crippen LogP contribution < -0.4 is 10.6 Å². The molecule has 0 saturated carbocycles. The zero-order chi connectivity index (χ0) is 12.3. The molecule has 2 unspecified atom stereocenters. The number of unbranched alkanes of at least 4 members (excludes halogenated alkanes) is 1. The van der Waals surface area contributed by atoms with Gasteiger partial charge in [-0.25, -0.2) is 0 Å². The molecule has 17 heavy (non-hydrogen) atoms. The first-order chi connectivity index (χ1) is 8.24. The number of hydrogen-bond acceptors (Lipinski definition) is 2. The second-order valence-corrected chi connectivity index (χ2v) is 4.64. The zero-order valence-corrected chi connectivity index (χ0v) is 10.5. The summed E-state index contributed by atoms with van der Waals surface area (Å²) in [6, 6.07) is 8.02. The number of hydrogen-bond donors (Lipinski definition) is 2. The van der Waals surface area contributed by atoms with Crippen LogP contribution >= 0.6 is 0 Å². The average molecular weight is 232 g/mol. The van der Waals surface area contributed by atoms with Gasteiger partial charge in [0.05, 0.1) is 0 Å². The summed E-state index contributed by atoms with van der Waals surface area (Å²) in [6.45, 7) is 5.00. The van der Waals surface area contributed by atoms with Gasteiger partial charge in [-0.1, -0.05) is 38.5 Å². The highest BCUT2D eigenvalue weighted by atomic mass is 16.2. The second kappa shape index (κ2) is 5.21. The SMILES string of the molecule is CCCCNC(=O)C1Nc2ccccc2C1C. The first kappa shape index (κ1) is 12.0. The molecule has 3 nitrogen and oxygen atoms in total. The van der Waals surface area contributed by atoms with E-state index in [1.807, 2.05) is 18.2 Å². The van der Waals surface area contributed by atoms with E-state index in [0.29, 0.717) is 0 Å². The molecule has 2 rings (SSSR count). The van der Waals surface area contributed by atoms with E-state index >= 15 is 0 Å². The van der Waals surface area contributed by atoms with Crippen molar-refractivity contribution >= 4 is 11.6 Å². The molecule has 0 radical (unpaired) electrons. The largest absolute Gasteiger partial charge is 0.373 e. The van der Waals surface area contributed by atoms with E-state index in [2.05, 4.69) is 30.5 Å². The molecule has 0 aliphatic carbocycles. The lowest BCUT2D eigenvalue weighted by molar-refractivity contribution is -0.122. The van der Waals surface area contributed by atoms with Crippen LogP contribution in [0.2, 0.25) is 0 Å². The molecular weight excluding hydrogens is 212 g/mol. The molecule has 1 aliphatic rings. The van der Waals surface area contributed by atoms with Gasteiger partial charge >= 0.3 is 0 Å². The number of para-hydroxylation sites is 1. The number of rotatable bonds is 4. The van der Waals surface area contributed by atoms with Gasteiger partial charge < -0.3 is 10.6 Å². The van der Waals surface area contributed by atoms with Crippen molar-refractivity contribution in [2.24, 2.45) is 0 Å². The van der Waals surface area contributed by atoms with E-state index in [4.69, 9.17) is 0 Å². The summed E-state index contributed by atoms with van der Waals surface area (Å²) in [7, 11) is 0. The van der Waals surface area contributed by atoms with Crippen molar-refractivity contribution in [1.29, 1.82) is 0 Å². The minimum atomic E-state index is -0.121. The topological polar surface area (TPSA) is 41.1 Å². The number of carbonyl (C=O) groups is 1. The Balaban J connectivity index is 1.99. The number of nitrogens with one attached hydrogen (secondary N) is 2. The smallest absolute Gasteiger partial charge is 0.243 e. The van der Waals surface area contributed by atoms with Crippen LogP contribution in [0.15, 0.2) is 24.3 Å². The van der Waals surface area contributed by atoms with Crippen LogP contribution in [0, 0.1) is 0 Å². The predicted octanol–water partition coefficient (Wildman–Crippen LogP) is 2.50. The molecular formula is C14H20N2O. The number of amides is 1. The van der Waals surface area contributed by atoms with Gasteiger partial charge in [0.2, 0.25) is 5.91 Å². The lowest BCUT2D eigenvalue weighted by atomic mass is 9.97. The van der Waals surface area contributed by atoms with E-state index < -0.39 is 0 Å². The maximum atomic E-state index is 12.0. The maximum absolute atomic E-state index is 12.0. The van der Waals surface area contributed by atoms with Gasteiger partial charge in [-0.2, -0.15) is 0 Å².